The van der Waals surface area contributed by atoms with Gasteiger partial charge in [-0.2, -0.15) is 0 Å². The van der Waals surface area contributed by atoms with Crippen LogP contribution in [0, 0.1) is 6.92 Å². The van der Waals surface area contributed by atoms with Crippen LogP contribution in [0.25, 0.3) is 0 Å². The number of imidazole rings is 1. The predicted molar refractivity (Wildman–Crippen MR) is 41.9 cm³/mol. The van der Waals surface area contributed by atoms with Gasteiger partial charge in [-0.15, -0.1) is 0 Å². The number of nitrogens with zero attached hydrogens (tertiary/aromatic N) is 1. The van der Waals surface area contributed by atoms with Crippen LogP contribution in [0.1, 0.15) is 12.7 Å². The monoisotopic (exact) mass is 140 g/mol. The van der Waals surface area contributed by atoms with E-state index in [2.05, 4.69) is 15.3 Å². The van der Waals surface area contributed by atoms with Gasteiger partial charge >= 0.3 is 0 Å². The van der Waals surface area contributed by atoms with Crippen molar-refractivity contribution in [1.29, 1.82) is 0 Å². The van der Waals surface area contributed by atoms with E-state index in [1.807, 2.05) is 13.8 Å². The molecule has 0 saturated carbocycles. The topological polar surface area (TPSA) is 66.7 Å². The molecule has 56 valence electrons. The summed E-state index contributed by atoms with van der Waals surface area (Å²) in [6.07, 6.45) is 0. The molecule has 1 heterocycles. The van der Waals surface area contributed by atoms with Crippen LogP contribution in [0.3, 0.4) is 0 Å². The average molecular weight is 140 g/mol. The minimum atomic E-state index is 0.611. The molecule has 1 aromatic heterocycles. The van der Waals surface area contributed by atoms with E-state index in [9.17, 15) is 0 Å². The second kappa shape index (κ2) is 2.60. The molecule has 4 nitrogen and oxygen atoms in total. The molecule has 4 N–H and O–H groups in total. The fourth-order valence-electron chi connectivity index (χ4n) is 0.812. The molecule has 1 aromatic rings. The molecule has 0 bridgehead atoms. The SMILES string of the molecule is CCNc1nc(C)[nH]c1N. The molecule has 0 spiro atoms. The maximum absolute atomic E-state index is 5.55. The second-order valence-electron chi connectivity index (χ2n) is 2.11. The molecular weight excluding hydrogens is 128 g/mol. The highest BCUT2D eigenvalue weighted by atomic mass is 15.1. The zero-order valence-electron chi connectivity index (χ0n) is 6.23. The van der Waals surface area contributed by atoms with Crippen molar-refractivity contribution in [2.75, 3.05) is 17.6 Å². The van der Waals surface area contributed by atoms with Crippen LogP contribution in [-0.4, -0.2) is 16.5 Å². The minimum Gasteiger partial charge on any atom is -0.382 e. The summed E-state index contributed by atoms with van der Waals surface area (Å²) >= 11 is 0. The summed E-state index contributed by atoms with van der Waals surface area (Å²) in [5, 5.41) is 3.03. The zero-order valence-corrected chi connectivity index (χ0v) is 6.23. The van der Waals surface area contributed by atoms with Crippen LogP contribution in [0.5, 0.6) is 0 Å². The predicted octanol–water partition coefficient (Wildman–Crippen LogP) is 0.732. The summed E-state index contributed by atoms with van der Waals surface area (Å²) in [7, 11) is 0. The Morgan fingerprint density at radius 2 is 2.40 bits per heavy atom. The van der Waals surface area contributed by atoms with Crippen LogP contribution in [0.4, 0.5) is 11.6 Å². The fraction of sp³-hybridized carbons (Fsp3) is 0.500. The van der Waals surface area contributed by atoms with E-state index in [4.69, 9.17) is 5.73 Å². The average Bonchev–Trinajstić information content (AvgIpc) is 2.13. The maximum atomic E-state index is 5.55. The van der Waals surface area contributed by atoms with Crippen molar-refractivity contribution in [1.82, 2.24) is 9.97 Å². The molecule has 1 rings (SSSR count). The number of hydrogen-bond donors (Lipinski definition) is 3. The molecular formula is C6H12N4. The first-order valence-corrected chi connectivity index (χ1v) is 3.30. The Balaban J connectivity index is 2.81. The normalized spacial score (nSPS) is 9.80. The summed E-state index contributed by atoms with van der Waals surface area (Å²) in [5.74, 6) is 2.20. The molecule has 0 saturated heterocycles. The first kappa shape index (κ1) is 6.92. The largest absolute Gasteiger partial charge is 0.382 e. The van der Waals surface area contributed by atoms with Crippen LogP contribution in [0.2, 0.25) is 0 Å². The Morgan fingerprint density at radius 1 is 1.70 bits per heavy atom. The first-order valence-electron chi connectivity index (χ1n) is 3.30. The molecule has 0 aliphatic heterocycles. The van der Waals surface area contributed by atoms with Gasteiger partial charge in [0.05, 0.1) is 0 Å². The summed E-state index contributed by atoms with van der Waals surface area (Å²) in [6.45, 7) is 4.72. The summed E-state index contributed by atoms with van der Waals surface area (Å²) in [6, 6.07) is 0. The molecule has 0 radical (unpaired) electrons. The summed E-state index contributed by atoms with van der Waals surface area (Å²) in [5.41, 5.74) is 5.55. The standard InChI is InChI=1S/C6H12N4/c1-3-8-6-5(7)9-4(2)10-6/h8H,3,7H2,1-2H3,(H,9,10). The summed E-state index contributed by atoms with van der Waals surface area (Å²) < 4.78 is 0. The molecule has 0 aromatic carbocycles. The van der Waals surface area contributed by atoms with Gasteiger partial charge < -0.3 is 16.0 Å². The van der Waals surface area contributed by atoms with E-state index in [1.54, 1.807) is 0 Å². The van der Waals surface area contributed by atoms with Gasteiger partial charge in [0.25, 0.3) is 0 Å². The Bertz CT molecular complexity index is 216. The van der Waals surface area contributed by atoms with Crippen molar-refractivity contribution < 1.29 is 0 Å². The van der Waals surface area contributed by atoms with Crippen molar-refractivity contribution >= 4 is 11.6 Å². The molecule has 4 heteroatoms. The van der Waals surface area contributed by atoms with Crippen LogP contribution < -0.4 is 11.1 Å². The van der Waals surface area contributed by atoms with Crippen molar-refractivity contribution in [3.05, 3.63) is 5.82 Å². The number of anilines is 2. The Labute approximate surface area is 59.8 Å². The minimum absolute atomic E-state index is 0.611. The molecule has 0 unspecified atom stereocenters. The van der Waals surface area contributed by atoms with Gasteiger partial charge in [-0.25, -0.2) is 4.98 Å². The third kappa shape index (κ3) is 1.21. The van der Waals surface area contributed by atoms with Crippen LogP contribution in [-0.2, 0) is 0 Å². The number of H-pyrrole nitrogens is 1. The molecule has 0 fully saturated rings. The van der Waals surface area contributed by atoms with Gasteiger partial charge in [0.2, 0.25) is 0 Å². The fourth-order valence-corrected chi connectivity index (χ4v) is 0.812. The van der Waals surface area contributed by atoms with Crippen molar-refractivity contribution in [3.8, 4) is 0 Å². The summed E-state index contributed by atoms with van der Waals surface area (Å²) in [4.78, 5) is 7.00. The van der Waals surface area contributed by atoms with Crippen molar-refractivity contribution in [2.45, 2.75) is 13.8 Å². The number of aromatic nitrogens is 2. The number of aryl methyl sites for hydroxylation is 1. The van der Waals surface area contributed by atoms with Crippen molar-refractivity contribution in [2.24, 2.45) is 0 Å². The van der Waals surface area contributed by atoms with E-state index in [0.29, 0.717) is 5.82 Å². The molecule has 0 atom stereocenters. The van der Waals surface area contributed by atoms with Crippen LogP contribution in [0.15, 0.2) is 0 Å². The third-order valence-corrected chi connectivity index (χ3v) is 1.19. The quantitative estimate of drug-likeness (QED) is 0.567. The second-order valence-corrected chi connectivity index (χ2v) is 2.11. The Morgan fingerprint density at radius 3 is 2.80 bits per heavy atom. The lowest BCUT2D eigenvalue weighted by atomic mass is 10.6. The number of nitrogen functional groups attached to an aromatic ring is 1. The van der Waals surface area contributed by atoms with E-state index in [1.165, 1.54) is 0 Å². The zero-order chi connectivity index (χ0) is 7.56. The lowest BCUT2D eigenvalue weighted by Crippen LogP contribution is -1.99. The molecule has 10 heavy (non-hydrogen) atoms. The Hall–Kier alpha value is -1.19. The van der Waals surface area contributed by atoms with E-state index < -0.39 is 0 Å². The van der Waals surface area contributed by atoms with Gasteiger partial charge in [0.15, 0.2) is 5.82 Å². The first-order chi connectivity index (χ1) is 4.74. The molecule has 0 amide bonds. The smallest absolute Gasteiger partial charge is 0.168 e. The highest BCUT2D eigenvalue weighted by molar-refractivity contribution is 5.56. The Kier molecular flexibility index (Phi) is 1.80. The van der Waals surface area contributed by atoms with Gasteiger partial charge in [-0.05, 0) is 13.8 Å². The lowest BCUT2D eigenvalue weighted by molar-refractivity contribution is 1.13. The van der Waals surface area contributed by atoms with E-state index in [-0.39, 0.29) is 0 Å². The van der Waals surface area contributed by atoms with Gasteiger partial charge in [-0.1, -0.05) is 0 Å². The highest BCUT2D eigenvalue weighted by Gasteiger charge is 2.00. The van der Waals surface area contributed by atoms with Gasteiger partial charge in [0, 0.05) is 6.54 Å². The number of hydrogen-bond acceptors (Lipinski definition) is 3. The molecule has 0 aliphatic rings. The number of nitrogens with two attached hydrogens (primary N) is 1. The number of rotatable bonds is 2. The molecule has 0 aliphatic carbocycles. The van der Waals surface area contributed by atoms with Crippen LogP contribution >= 0.6 is 0 Å². The lowest BCUT2D eigenvalue weighted by Gasteiger charge is -1.96. The van der Waals surface area contributed by atoms with Crippen molar-refractivity contribution in [3.63, 3.8) is 0 Å². The highest BCUT2D eigenvalue weighted by Crippen LogP contribution is 2.12. The van der Waals surface area contributed by atoms with E-state index >= 15 is 0 Å². The third-order valence-electron chi connectivity index (χ3n) is 1.19. The van der Waals surface area contributed by atoms with E-state index in [0.717, 1.165) is 18.2 Å². The van der Waals surface area contributed by atoms with Gasteiger partial charge in [-0.3, -0.25) is 0 Å². The van der Waals surface area contributed by atoms with Gasteiger partial charge in [0.1, 0.15) is 11.6 Å². The number of aromatic amines is 1. The maximum Gasteiger partial charge on any atom is 0.168 e. The number of nitrogens with one attached hydrogen (secondary N) is 2.